The van der Waals surface area contributed by atoms with Crippen LogP contribution < -0.4 is 10.6 Å². The predicted octanol–water partition coefficient (Wildman–Crippen LogP) is 4.17. The smallest absolute Gasteiger partial charge is 0.257 e. The summed E-state index contributed by atoms with van der Waals surface area (Å²) in [4.78, 5) is 17.9. The first-order valence-corrected chi connectivity index (χ1v) is 13.2. The monoisotopic (exact) mass is 507 g/mol. The van der Waals surface area contributed by atoms with Gasteiger partial charge in [0, 0.05) is 48.2 Å². The number of halogens is 1. The van der Waals surface area contributed by atoms with Gasteiger partial charge in [-0.05, 0) is 42.8 Å². The third-order valence-corrected chi connectivity index (χ3v) is 7.87. The Balaban J connectivity index is 1.51. The highest BCUT2D eigenvalue weighted by molar-refractivity contribution is 8.13. The molecule has 2 N–H and O–H groups in total. The number of ether oxygens (including phenoxy) is 1. The van der Waals surface area contributed by atoms with Crippen molar-refractivity contribution in [1.29, 1.82) is 0 Å². The molecule has 1 saturated heterocycles. The molecular weight excluding hydrogens is 477 g/mol. The molecule has 2 aromatic carbocycles. The van der Waals surface area contributed by atoms with Gasteiger partial charge in [-0.15, -0.1) is 0 Å². The SMILES string of the molecule is CCNCc1ccc(F)c([C@]23CO[C@@H](c4cnn(C)c4)C[C@H]2CSC(NC(=O)c2ccccc2)=N3)c1. The van der Waals surface area contributed by atoms with Crippen molar-refractivity contribution >= 4 is 22.8 Å². The summed E-state index contributed by atoms with van der Waals surface area (Å²) in [6.45, 7) is 3.71. The first kappa shape index (κ1) is 24.7. The van der Waals surface area contributed by atoms with E-state index in [-0.39, 0.29) is 30.4 Å². The molecule has 0 radical (unpaired) electrons. The van der Waals surface area contributed by atoms with E-state index in [1.54, 1.807) is 22.9 Å². The van der Waals surface area contributed by atoms with Crippen LogP contribution in [0.15, 0.2) is 65.9 Å². The highest BCUT2D eigenvalue weighted by atomic mass is 32.2. The maximum Gasteiger partial charge on any atom is 0.257 e. The van der Waals surface area contributed by atoms with Gasteiger partial charge in [-0.1, -0.05) is 43.0 Å². The van der Waals surface area contributed by atoms with Crippen LogP contribution in [0.3, 0.4) is 0 Å². The van der Waals surface area contributed by atoms with Crippen LogP contribution in [0.5, 0.6) is 0 Å². The standard InChI is InChI=1S/C27H30FN5O2S/c1-3-29-13-18-9-10-23(28)22(11-18)27-17-35-24(20-14-30-33(2)15-20)12-21(27)16-36-26(32-27)31-25(34)19-7-5-4-6-8-19/h4-11,14-15,21,24,29H,3,12-13,16-17H2,1-2H3,(H,31,32,34)/t21-,24+,27-/m0/s1. The average molecular weight is 508 g/mol. The Labute approximate surface area is 214 Å². The zero-order valence-corrected chi connectivity index (χ0v) is 21.2. The molecule has 3 aromatic rings. The maximum absolute atomic E-state index is 15.5. The third-order valence-electron chi connectivity index (χ3n) is 6.83. The Morgan fingerprint density at radius 1 is 1.28 bits per heavy atom. The van der Waals surface area contributed by atoms with Gasteiger partial charge in [0.2, 0.25) is 0 Å². The predicted molar refractivity (Wildman–Crippen MR) is 139 cm³/mol. The van der Waals surface area contributed by atoms with Crippen molar-refractivity contribution in [2.75, 3.05) is 18.9 Å². The quantitative estimate of drug-likeness (QED) is 0.523. The maximum atomic E-state index is 15.5. The van der Waals surface area contributed by atoms with Crippen LogP contribution in [0.4, 0.5) is 4.39 Å². The van der Waals surface area contributed by atoms with Crippen molar-refractivity contribution in [2.45, 2.75) is 31.5 Å². The molecule has 1 fully saturated rings. The van der Waals surface area contributed by atoms with Gasteiger partial charge in [0.15, 0.2) is 5.17 Å². The molecule has 2 aliphatic rings. The number of thioether (sulfide) groups is 1. The molecule has 0 spiro atoms. The average Bonchev–Trinajstić information content (AvgIpc) is 3.34. The number of fused-ring (bicyclic) bond motifs is 1. The van der Waals surface area contributed by atoms with E-state index < -0.39 is 5.54 Å². The van der Waals surface area contributed by atoms with E-state index in [0.29, 0.717) is 35.0 Å². The summed E-state index contributed by atoms with van der Waals surface area (Å²) in [6.07, 6.45) is 4.32. The molecule has 36 heavy (non-hydrogen) atoms. The molecule has 3 heterocycles. The Morgan fingerprint density at radius 3 is 2.86 bits per heavy atom. The third kappa shape index (κ3) is 4.96. The second-order valence-electron chi connectivity index (χ2n) is 9.25. The number of amides is 1. The molecule has 0 unspecified atom stereocenters. The summed E-state index contributed by atoms with van der Waals surface area (Å²) in [5, 5.41) is 11.0. The van der Waals surface area contributed by atoms with E-state index in [0.717, 1.165) is 17.7 Å². The second-order valence-corrected chi connectivity index (χ2v) is 10.3. The largest absolute Gasteiger partial charge is 0.370 e. The van der Waals surface area contributed by atoms with Crippen LogP contribution >= 0.6 is 11.8 Å². The number of aryl methyl sites for hydroxylation is 1. The molecular formula is C27H30FN5O2S. The van der Waals surface area contributed by atoms with Crippen molar-refractivity contribution < 1.29 is 13.9 Å². The van der Waals surface area contributed by atoms with Crippen molar-refractivity contribution in [1.82, 2.24) is 20.4 Å². The lowest BCUT2D eigenvalue weighted by molar-refractivity contribution is -0.0588. The molecule has 3 atom stereocenters. The van der Waals surface area contributed by atoms with Gasteiger partial charge in [0.25, 0.3) is 5.91 Å². The van der Waals surface area contributed by atoms with E-state index in [9.17, 15) is 4.79 Å². The molecule has 0 bridgehead atoms. The van der Waals surface area contributed by atoms with Gasteiger partial charge < -0.3 is 15.4 Å². The molecule has 7 nitrogen and oxygen atoms in total. The number of aromatic nitrogens is 2. The lowest BCUT2D eigenvalue weighted by Gasteiger charge is -2.46. The van der Waals surface area contributed by atoms with Gasteiger partial charge in [-0.2, -0.15) is 5.10 Å². The fraction of sp³-hybridized carbons (Fsp3) is 0.370. The molecule has 5 rings (SSSR count). The molecule has 2 aliphatic heterocycles. The number of benzene rings is 2. The molecule has 1 amide bonds. The van der Waals surface area contributed by atoms with Crippen molar-refractivity contribution in [3.05, 3.63) is 89.0 Å². The number of carbonyl (C=O) groups excluding carboxylic acids is 1. The lowest BCUT2D eigenvalue weighted by atomic mass is 9.74. The van der Waals surface area contributed by atoms with Crippen LogP contribution in [0.2, 0.25) is 0 Å². The first-order valence-electron chi connectivity index (χ1n) is 12.2. The molecule has 9 heteroatoms. The Bertz CT molecular complexity index is 1260. The minimum Gasteiger partial charge on any atom is -0.370 e. The van der Waals surface area contributed by atoms with Crippen molar-refractivity contribution in [2.24, 2.45) is 18.0 Å². The van der Waals surface area contributed by atoms with E-state index in [1.807, 2.05) is 50.6 Å². The summed E-state index contributed by atoms with van der Waals surface area (Å²) in [7, 11) is 1.88. The topological polar surface area (TPSA) is 80.5 Å². The fourth-order valence-corrected chi connectivity index (χ4v) is 6.06. The number of nitrogens with one attached hydrogen (secondary N) is 2. The Kier molecular flexibility index (Phi) is 7.22. The number of rotatable bonds is 6. The first-order chi connectivity index (χ1) is 17.5. The van der Waals surface area contributed by atoms with Gasteiger partial charge in [0.1, 0.15) is 11.4 Å². The van der Waals surface area contributed by atoms with Crippen molar-refractivity contribution in [3.63, 3.8) is 0 Å². The highest BCUT2D eigenvalue weighted by Crippen LogP contribution is 2.50. The number of aliphatic imine (C=N–C) groups is 1. The molecule has 188 valence electrons. The van der Waals surface area contributed by atoms with Crippen LogP contribution in [0.25, 0.3) is 0 Å². The fourth-order valence-electron chi connectivity index (χ4n) is 4.89. The second kappa shape index (κ2) is 10.5. The molecule has 1 aromatic heterocycles. The summed E-state index contributed by atoms with van der Waals surface area (Å²) in [5.41, 5.74) is 2.12. The number of carbonyl (C=O) groups is 1. The zero-order valence-electron chi connectivity index (χ0n) is 20.4. The van der Waals surface area contributed by atoms with E-state index in [2.05, 4.69) is 15.7 Å². The van der Waals surface area contributed by atoms with Gasteiger partial charge in [-0.25, -0.2) is 9.38 Å². The molecule has 0 saturated carbocycles. The van der Waals surface area contributed by atoms with E-state index in [1.165, 1.54) is 17.8 Å². The van der Waals surface area contributed by atoms with Crippen LogP contribution in [0, 0.1) is 11.7 Å². The number of amidine groups is 1. The van der Waals surface area contributed by atoms with E-state index >= 15 is 4.39 Å². The summed E-state index contributed by atoms with van der Waals surface area (Å²) in [5.74, 6) is 0.155. The van der Waals surface area contributed by atoms with Gasteiger partial charge in [-0.3, -0.25) is 9.48 Å². The zero-order chi connectivity index (χ0) is 25.1. The van der Waals surface area contributed by atoms with Gasteiger partial charge in [0.05, 0.1) is 18.9 Å². The summed E-state index contributed by atoms with van der Waals surface area (Å²) >= 11 is 1.50. The van der Waals surface area contributed by atoms with Crippen LogP contribution in [0.1, 0.15) is 46.5 Å². The number of hydrogen-bond donors (Lipinski definition) is 2. The van der Waals surface area contributed by atoms with Crippen LogP contribution in [-0.4, -0.2) is 39.8 Å². The summed E-state index contributed by atoms with van der Waals surface area (Å²) in [6, 6.07) is 14.2. The number of nitrogens with zero attached hydrogens (tertiary/aromatic N) is 3. The Morgan fingerprint density at radius 2 is 2.11 bits per heavy atom. The minimum atomic E-state index is -0.935. The van der Waals surface area contributed by atoms with Gasteiger partial charge >= 0.3 is 0 Å². The lowest BCUT2D eigenvalue weighted by Crippen LogP contribution is -2.49. The number of hydrogen-bond acceptors (Lipinski definition) is 6. The minimum absolute atomic E-state index is 0.0164. The molecule has 0 aliphatic carbocycles. The van der Waals surface area contributed by atoms with Crippen LogP contribution in [-0.2, 0) is 23.9 Å². The Hall–Kier alpha value is -3.01. The van der Waals surface area contributed by atoms with Crippen molar-refractivity contribution in [3.8, 4) is 0 Å². The normalized spacial score (nSPS) is 23.6. The summed E-state index contributed by atoms with van der Waals surface area (Å²) < 4.78 is 23.6. The highest BCUT2D eigenvalue weighted by Gasteiger charge is 2.50. The van der Waals surface area contributed by atoms with E-state index in [4.69, 9.17) is 9.73 Å².